The Morgan fingerprint density at radius 1 is 1.58 bits per heavy atom. The third kappa shape index (κ3) is 3.58. The summed E-state index contributed by atoms with van der Waals surface area (Å²) in [5.74, 6) is 2.01. The lowest BCUT2D eigenvalue weighted by Gasteiger charge is -2.28. The van der Waals surface area contributed by atoms with Crippen molar-refractivity contribution in [3.05, 3.63) is 0 Å². The Morgan fingerprint density at radius 2 is 2.42 bits per heavy atom. The van der Waals surface area contributed by atoms with E-state index in [9.17, 15) is 0 Å². The van der Waals surface area contributed by atoms with Crippen molar-refractivity contribution in [3.8, 4) is 0 Å². The van der Waals surface area contributed by atoms with Gasteiger partial charge in [-0.2, -0.15) is 0 Å². The monoisotopic (exact) mass is 205 g/mol. The third-order valence-electron chi connectivity index (χ3n) is 2.70. The largest absolute Gasteiger partial charge is 0.314 e. The first-order valence-electron chi connectivity index (χ1n) is 4.84. The van der Waals surface area contributed by atoms with Gasteiger partial charge in [0.05, 0.1) is 0 Å². The molecule has 1 N–H and O–H groups in total. The number of nitrogens with one attached hydrogen (secondary N) is 1. The molecule has 0 aliphatic carbocycles. The van der Waals surface area contributed by atoms with Crippen molar-refractivity contribution in [1.29, 1.82) is 0 Å². The molecule has 1 aliphatic heterocycles. The standard InChI is InChI=1S/C9H19NS2/c1-8(5-7-12-11)9-4-2-3-6-10-9/h8-11H,2-7H2,1H3. The van der Waals surface area contributed by atoms with E-state index < -0.39 is 0 Å². The van der Waals surface area contributed by atoms with E-state index >= 15 is 0 Å². The fourth-order valence-electron chi connectivity index (χ4n) is 1.80. The highest BCUT2D eigenvalue weighted by Gasteiger charge is 2.18. The molecule has 1 rings (SSSR count). The van der Waals surface area contributed by atoms with Gasteiger partial charge in [-0.1, -0.05) is 24.1 Å². The van der Waals surface area contributed by atoms with Gasteiger partial charge in [-0.15, -0.1) is 11.7 Å². The van der Waals surface area contributed by atoms with Crippen LogP contribution in [0.2, 0.25) is 0 Å². The molecule has 1 nitrogen and oxygen atoms in total. The summed E-state index contributed by atoms with van der Waals surface area (Å²) in [6.07, 6.45) is 5.45. The van der Waals surface area contributed by atoms with Crippen LogP contribution in [-0.2, 0) is 0 Å². The second-order valence-electron chi connectivity index (χ2n) is 3.66. The van der Waals surface area contributed by atoms with Crippen LogP contribution in [0.3, 0.4) is 0 Å². The first-order chi connectivity index (χ1) is 5.84. The topological polar surface area (TPSA) is 12.0 Å². The van der Waals surface area contributed by atoms with Gasteiger partial charge in [-0.25, -0.2) is 0 Å². The molecule has 2 unspecified atom stereocenters. The lowest BCUT2D eigenvalue weighted by atomic mass is 9.92. The zero-order valence-electron chi connectivity index (χ0n) is 7.75. The van der Waals surface area contributed by atoms with Crippen molar-refractivity contribution in [3.63, 3.8) is 0 Å². The zero-order chi connectivity index (χ0) is 8.81. The van der Waals surface area contributed by atoms with Crippen molar-refractivity contribution in [2.24, 2.45) is 5.92 Å². The molecule has 12 heavy (non-hydrogen) atoms. The van der Waals surface area contributed by atoms with Gasteiger partial charge in [0.25, 0.3) is 0 Å². The molecular weight excluding hydrogens is 186 g/mol. The molecule has 0 radical (unpaired) electrons. The molecule has 72 valence electrons. The Bertz CT molecular complexity index is 113. The van der Waals surface area contributed by atoms with Crippen LogP contribution in [0.4, 0.5) is 0 Å². The van der Waals surface area contributed by atoms with Crippen LogP contribution in [0.1, 0.15) is 32.6 Å². The molecule has 0 saturated carbocycles. The summed E-state index contributed by atoms with van der Waals surface area (Å²) >= 11 is 4.16. The van der Waals surface area contributed by atoms with Crippen LogP contribution >= 0.6 is 22.5 Å². The number of piperidine rings is 1. The number of thiol groups is 1. The average molecular weight is 205 g/mol. The molecule has 0 bridgehead atoms. The number of rotatable bonds is 4. The molecular formula is C9H19NS2. The van der Waals surface area contributed by atoms with Crippen LogP contribution in [0.15, 0.2) is 0 Å². The fraction of sp³-hybridized carbons (Fsp3) is 1.00. The van der Waals surface area contributed by atoms with E-state index in [1.54, 1.807) is 10.8 Å². The summed E-state index contributed by atoms with van der Waals surface area (Å²) in [5, 5.41) is 3.59. The lowest BCUT2D eigenvalue weighted by Crippen LogP contribution is -2.39. The normalized spacial score (nSPS) is 27.0. The molecule has 0 spiro atoms. The molecule has 0 aromatic rings. The average Bonchev–Trinajstić information content (AvgIpc) is 2.15. The van der Waals surface area contributed by atoms with Crippen molar-refractivity contribution in [2.75, 3.05) is 12.3 Å². The van der Waals surface area contributed by atoms with Crippen molar-refractivity contribution in [1.82, 2.24) is 5.32 Å². The van der Waals surface area contributed by atoms with Gasteiger partial charge in [-0.05, 0) is 31.7 Å². The van der Waals surface area contributed by atoms with Gasteiger partial charge in [0.1, 0.15) is 0 Å². The summed E-state index contributed by atoms with van der Waals surface area (Å²) < 4.78 is 0. The minimum Gasteiger partial charge on any atom is -0.314 e. The number of hydrogen-bond acceptors (Lipinski definition) is 3. The third-order valence-corrected chi connectivity index (χ3v) is 3.67. The maximum atomic E-state index is 4.16. The Hall–Kier alpha value is 0.660. The molecule has 1 saturated heterocycles. The van der Waals surface area contributed by atoms with Gasteiger partial charge in [0.2, 0.25) is 0 Å². The summed E-state index contributed by atoms with van der Waals surface area (Å²) in [6, 6.07) is 0.777. The predicted molar refractivity (Wildman–Crippen MR) is 60.9 cm³/mol. The van der Waals surface area contributed by atoms with Gasteiger partial charge in [0, 0.05) is 11.8 Å². The molecule has 1 fully saturated rings. The van der Waals surface area contributed by atoms with Gasteiger partial charge in [-0.3, -0.25) is 0 Å². The predicted octanol–water partition coefficient (Wildman–Crippen LogP) is 2.73. The molecule has 0 aromatic carbocycles. The fourth-order valence-corrected chi connectivity index (χ4v) is 2.60. The maximum absolute atomic E-state index is 4.16. The molecule has 0 aromatic heterocycles. The van der Waals surface area contributed by atoms with Crippen molar-refractivity contribution in [2.45, 2.75) is 38.6 Å². The van der Waals surface area contributed by atoms with Crippen LogP contribution in [-0.4, -0.2) is 18.3 Å². The van der Waals surface area contributed by atoms with E-state index in [1.165, 1.54) is 38.0 Å². The highest BCUT2D eigenvalue weighted by Crippen LogP contribution is 2.20. The Kier molecular flexibility index (Phi) is 5.52. The molecule has 1 aliphatic rings. The van der Waals surface area contributed by atoms with E-state index in [4.69, 9.17) is 0 Å². The smallest absolute Gasteiger partial charge is 0.00929 e. The molecule has 1 heterocycles. The summed E-state index contributed by atoms with van der Waals surface area (Å²) in [4.78, 5) is 0. The van der Waals surface area contributed by atoms with Gasteiger partial charge in [0.15, 0.2) is 0 Å². The van der Waals surface area contributed by atoms with E-state index in [-0.39, 0.29) is 0 Å². The quantitative estimate of drug-likeness (QED) is 0.541. The van der Waals surface area contributed by atoms with Crippen molar-refractivity contribution < 1.29 is 0 Å². The van der Waals surface area contributed by atoms with E-state index in [1.807, 2.05) is 0 Å². The van der Waals surface area contributed by atoms with Gasteiger partial charge >= 0.3 is 0 Å². The highest BCUT2D eigenvalue weighted by atomic mass is 33.1. The summed E-state index contributed by atoms with van der Waals surface area (Å²) in [6.45, 7) is 3.58. The second-order valence-corrected chi connectivity index (χ2v) is 5.10. The SMILES string of the molecule is CC(CCSS)C1CCCCN1. The minimum atomic E-state index is 0.777. The first kappa shape index (κ1) is 10.7. The van der Waals surface area contributed by atoms with E-state index in [0.29, 0.717) is 0 Å². The summed E-state index contributed by atoms with van der Waals surface area (Å²) in [5.41, 5.74) is 0. The van der Waals surface area contributed by atoms with E-state index in [0.717, 1.165) is 12.0 Å². The van der Waals surface area contributed by atoms with Gasteiger partial charge < -0.3 is 5.32 Å². The second kappa shape index (κ2) is 6.17. The molecule has 0 amide bonds. The van der Waals surface area contributed by atoms with Crippen LogP contribution in [0.25, 0.3) is 0 Å². The highest BCUT2D eigenvalue weighted by molar-refractivity contribution is 8.68. The van der Waals surface area contributed by atoms with Crippen molar-refractivity contribution >= 4 is 22.5 Å². The van der Waals surface area contributed by atoms with E-state index in [2.05, 4.69) is 23.9 Å². The Labute approximate surface area is 84.9 Å². The maximum Gasteiger partial charge on any atom is 0.00929 e. The minimum absolute atomic E-state index is 0.777. The van der Waals surface area contributed by atoms with Crippen LogP contribution in [0, 0.1) is 5.92 Å². The van der Waals surface area contributed by atoms with Crippen LogP contribution < -0.4 is 5.32 Å². The summed E-state index contributed by atoms with van der Waals surface area (Å²) in [7, 11) is 1.66. The zero-order valence-corrected chi connectivity index (χ0v) is 9.46. The van der Waals surface area contributed by atoms with Crippen LogP contribution in [0.5, 0.6) is 0 Å². The Balaban J connectivity index is 2.15. The first-order valence-corrected chi connectivity index (χ1v) is 6.88. The Morgan fingerprint density at radius 3 is 3.00 bits per heavy atom. The number of hydrogen-bond donors (Lipinski definition) is 2. The molecule has 3 heteroatoms. The molecule has 2 atom stereocenters. The lowest BCUT2D eigenvalue weighted by molar-refractivity contribution is 0.306.